The van der Waals surface area contributed by atoms with Crippen LogP contribution in [-0.4, -0.2) is 48.3 Å². The highest BCUT2D eigenvalue weighted by molar-refractivity contribution is 9.10. The smallest absolute Gasteiger partial charge is 0.331 e. The lowest BCUT2D eigenvalue weighted by Crippen LogP contribution is -2.44. The van der Waals surface area contributed by atoms with Gasteiger partial charge in [-0.25, -0.2) is 9.59 Å². The topological polar surface area (TPSA) is 150 Å². The van der Waals surface area contributed by atoms with E-state index in [0.29, 0.717) is 10.4 Å². The first-order chi connectivity index (χ1) is 16.8. The van der Waals surface area contributed by atoms with Gasteiger partial charge in [-0.2, -0.15) is 0 Å². The van der Waals surface area contributed by atoms with E-state index in [1.807, 2.05) is 6.07 Å². The van der Waals surface area contributed by atoms with Gasteiger partial charge in [-0.1, -0.05) is 30.3 Å². The Hall–Kier alpha value is -3.90. The van der Waals surface area contributed by atoms with Gasteiger partial charge in [0.1, 0.15) is 11.6 Å². The number of halogens is 1. The first kappa shape index (κ1) is 25.7. The van der Waals surface area contributed by atoms with E-state index >= 15 is 0 Å². The molecule has 3 aromatic rings. The van der Waals surface area contributed by atoms with Crippen LogP contribution in [0.5, 0.6) is 0 Å². The predicted molar refractivity (Wildman–Crippen MR) is 132 cm³/mol. The molecule has 0 saturated carbocycles. The van der Waals surface area contributed by atoms with E-state index < -0.39 is 29.7 Å². The van der Waals surface area contributed by atoms with E-state index in [-0.39, 0.29) is 31.2 Å². The van der Waals surface area contributed by atoms with Crippen molar-refractivity contribution in [2.24, 2.45) is 0 Å². The molecule has 0 aliphatic heterocycles. The van der Waals surface area contributed by atoms with Gasteiger partial charge in [-0.05, 0) is 39.7 Å². The summed E-state index contributed by atoms with van der Waals surface area (Å²) in [5.74, 6) is -1.33. The zero-order chi connectivity index (χ0) is 25.4. The highest BCUT2D eigenvalue weighted by Crippen LogP contribution is 2.18. The molecule has 0 spiro atoms. The minimum atomic E-state index is -0.851. The maximum Gasteiger partial charge on any atom is 0.331 e. The van der Waals surface area contributed by atoms with Gasteiger partial charge in [0.15, 0.2) is 17.0 Å². The molecule has 11 nitrogen and oxygen atoms in total. The van der Waals surface area contributed by atoms with Crippen LogP contribution < -0.4 is 21.9 Å². The Morgan fingerprint density at radius 2 is 1.94 bits per heavy atom. The van der Waals surface area contributed by atoms with Crippen LogP contribution in [0.25, 0.3) is 6.08 Å². The van der Waals surface area contributed by atoms with Gasteiger partial charge in [0.25, 0.3) is 11.5 Å². The summed E-state index contributed by atoms with van der Waals surface area (Å²) >= 11 is 3.15. The number of amides is 1. The number of furan rings is 1. The summed E-state index contributed by atoms with van der Waals surface area (Å²) in [5.41, 5.74) is 5.14. The summed E-state index contributed by atoms with van der Waals surface area (Å²) in [4.78, 5) is 53.3. The summed E-state index contributed by atoms with van der Waals surface area (Å²) in [6.45, 7) is -0.612. The maximum atomic E-state index is 12.9. The Balaban J connectivity index is 1.82. The second-order valence-corrected chi connectivity index (χ2v) is 7.97. The fourth-order valence-electron chi connectivity index (χ4n) is 3.13. The molecule has 0 bridgehead atoms. The van der Waals surface area contributed by atoms with Gasteiger partial charge in [0.2, 0.25) is 0 Å². The van der Waals surface area contributed by atoms with Crippen molar-refractivity contribution in [2.45, 2.75) is 6.54 Å². The van der Waals surface area contributed by atoms with Crippen LogP contribution in [0.4, 0.5) is 11.5 Å². The number of hydrogen-bond donors (Lipinski definition) is 2. The summed E-state index contributed by atoms with van der Waals surface area (Å²) < 4.78 is 16.9. The Morgan fingerprint density at radius 1 is 1.20 bits per heavy atom. The van der Waals surface area contributed by atoms with E-state index in [0.717, 1.165) is 21.1 Å². The number of nitrogens with two attached hydrogens (primary N) is 1. The number of aromatic amines is 1. The van der Waals surface area contributed by atoms with Gasteiger partial charge in [-0.15, -0.1) is 0 Å². The second-order valence-electron chi connectivity index (χ2n) is 7.19. The summed E-state index contributed by atoms with van der Waals surface area (Å²) in [6, 6.07) is 12.3. The fourth-order valence-corrected chi connectivity index (χ4v) is 3.45. The van der Waals surface area contributed by atoms with Crippen molar-refractivity contribution in [2.75, 3.05) is 37.5 Å². The molecule has 0 fully saturated rings. The number of nitrogens with one attached hydrogen (secondary N) is 1. The number of nitrogens with zero attached hydrogens (tertiary/aromatic N) is 2. The molecule has 12 heteroatoms. The van der Waals surface area contributed by atoms with Crippen LogP contribution in [0.3, 0.4) is 0 Å². The summed E-state index contributed by atoms with van der Waals surface area (Å²) in [7, 11) is 1.42. The van der Waals surface area contributed by atoms with E-state index in [2.05, 4.69) is 20.9 Å². The molecular weight excluding hydrogens is 524 g/mol. The summed E-state index contributed by atoms with van der Waals surface area (Å²) in [6.07, 6.45) is 2.47. The third kappa shape index (κ3) is 6.80. The van der Waals surface area contributed by atoms with Gasteiger partial charge >= 0.3 is 11.7 Å². The number of carbonyl (C=O) groups excluding carboxylic acids is 2. The fraction of sp³-hybridized carbons (Fsp3) is 0.217. The molecule has 0 aliphatic carbocycles. The molecular formula is C23H23BrN4O7. The maximum absolute atomic E-state index is 12.9. The average molecular weight is 547 g/mol. The predicted octanol–water partition coefficient (Wildman–Crippen LogP) is 1.76. The largest absolute Gasteiger partial charge is 0.452 e. The minimum Gasteiger partial charge on any atom is -0.452 e. The van der Waals surface area contributed by atoms with Crippen molar-refractivity contribution in [3.05, 3.63) is 85.4 Å². The van der Waals surface area contributed by atoms with E-state index in [9.17, 15) is 19.2 Å². The third-order valence-corrected chi connectivity index (χ3v) is 5.23. The lowest BCUT2D eigenvalue weighted by molar-refractivity contribution is -0.142. The van der Waals surface area contributed by atoms with Crippen molar-refractivity contribution in [1.82, 2.24) is 9.55 Å². The first-order valence-electron chi connectivity index (χ1n) is 10.4. The molecule has 1 aromatic carbocycles. The second kappa shape index (κ2) is 12.0. The quantitative estimate of drug-likeness (QED) is 0.288. The van der Waals surface area contributed by atoms with Crippen LogP contribution >= 0.6 is 15.9 Å². The number of H-pyrrole nitrogens is 1. The van der Waals surface area contributed by atoms with Crippen molar-refractivity contribution in [3.63, 3.8) is 0 Å². The number of ether oxygens (including phenoxy) is 2. The van der Waals surface area contributed by atoms with E-state index in [1.165, 1.54) is 13.2 Å². The number of anilines is 2. The molecule has 0 unspecified atom stereocenters. The van der Waals surface area contributed by atoms with Crippen molar-refractivity contribution < 1.29 is 23.5 Å². The number of aromatic nitrogens is 2. The van der Waals surface area contributed by atoms with Crippen LogP contribution in [-0.2, 0) is 25.6 Å². The average Bonchev–Trinajstić information content (AvgIpc) is 3.26. The molecule has 0 aliphatic rings. The molecule has 2 heterocycles. The molecule has 3 N–H and O–H groups in total. The molecule has 1 amide bonds. The molecule has 3 rings (SSSR count). The number of methoxy groups -OCH3 is 1. The number of carbonyl (C=O) groups is 2. The molecule has 35 heavy (non-hydrogen) atoms. The highest BCUT2D eigenvalue weighted by atomic mass is 79.9. The summed E-state index contributed by atoms with van der Waals surface area (Å²) in [5, 5.41) is 0. The molecule has 0 saturated heterocycles. The number of hydrogen-bond acceptors (Lipinski definition) is 8. The first-order valence-corrected chi connectivity index (χ1v) is 11.2. The van der Waals surface area contributed by atoms with Crippen molar-refractivity contribution in [1.29, 1.82) is 0 Å². The van der Waals surface area contributed by atoms with Crippen LogP contribution in [0.2, 0.25) is 0 Å². The minimum absolute atomic E-state index is 0.0592. The van der Waals surface area contributed by atoms with Gasteiger partial charge in [0.05, 0.1) is 13.2 Å². The number of benzene rings is 1. The lowest BCUT2D eigenvalue weighted by atomic mass is 10.2. The number of esters is 1. The van der Waals surface area contributed by atoms with Crippen LogP contribution in [0, 0.1) is 0 Å². The molecule has 0 atom stereocenters. The van der Waals surface area contributed by atoms with Gasteiger partial charge < -0.3 is 19.6 Å². The lowest BCUT2D eigenvalue weighted by Gasteiger charge is -2.24. The van der Waals surface area contributed by atoms with Crippen molar-refractivity contribution >= 4 is 45.4 Å². The Labute approximate surface area is 207 Å². The zero-order valence-corrected chi connectivity index (χ0v) is 20.3. The van der Waals surface area contributed by atoms with E-state index in [1.54, 1.807) is 36.4 Å². The Bertz CT molecular complexity index is 1330. The molecule has 2 aromatic heterocycles. The van der Waals surface area contributed by atoms with Crippen molar-refractivity contribution in [3.8, 4) is 0 Å². The standard InChI is InChI=1S/C23H23BrN4O7/c1-33-12-11-27(18(29)14-34-19(30)10-8-16-7-9-17(24)35-16)20-21(25)28(23(32)26-22(20)31)13-15-5-3-2-4-6-15/h2-10H,11-14,25H2,1H3,(H,26,31,32). The number of rotatable bonds is 10. The van der Waals surface area contributed by atoms with E-state index in [4.69, 9.17) is 19.6 Å². The SMILES string of the molecule is COCCN(C(=O)COC(=O)C=Cc1ccc(Br)o1)c1c(N)n(Cc2ccccc2)c(=O)[nH]c1=O. The van der Waals surface area contributed by atoms with Crippen LogP contribution in [0.1, 0.15) is 11.3 Å². The zero-order valence-electron chi connectivity index (χ0n) is 18.7. The Morgan fingerprint density at radius 3 is 2.60 bits per heavy atom. The van der Waals surface area contributed by atoms with Crippen LogP contribution in [0.15, 0.2) is 67.2 Å². The molecule has 184 valence electrons. The third-order valence-electron chi connectivity index (χ3n) is 4.80. The molecule has 0 radical (unpaired) electrons. The Kier molecular flexibility index (Phi) is 8.81. The normalized spacial score (nSPS) is 11.0. The monoisotopic (exact) mass is 546 g/mol. The number of nitrogen functional groups attached to an aromatic ring is 1. The highest BCUT2D eigenvalue weighted by Gasteiger charge is 2.25. The van der Waals surface area contributed by atoms with Gasteiger partial charge in [-0.3, -0.25) is 24.0 Å². The van der Waals surface area contributed by atoms with Gasteiger partial charge in [0, 0.05) is 19.7 Å².